The van der Waals surface area contributed by atoms with Crippen LogP contribution in [0, 0.1) is 5.92 Å². The summed E-state index contributed by atoms with van der Waals surface area (Å²) in [7, 11) is 0. The van der Waals surface area contributed by atoms with Gasteiger partial charge in [-0.15, -0.1) is 0 Å². The molecule has 4 atom stereocenters. The molecule has 42 heavy (non-hydrogen) atoms. The molecule has 2 rings (SSSR count). The van der Waals surface area contributed by atoms with Crippen molar-refractivity contribution in [2.24, 2.45) is 5.92 Å². The molecule has 10 nitrogen and oxygen atoms in total. The molecule has 2 unspecified atom stereocenters. The minimum absolute atomic E-state index is 0.131. The summed E-state index contributed by atoms with van der Waals surface area (Å²) in [6.07, 6.45) is 5.65. The van der Waals surface area contributed by atoms with E-state index < -0.39 is 29.8 Å². The Labute approximate surface area is 248 Å². The van der Waals surface area contributed by atoms with E-state index in [1.165, 1.54) is 6.92 Å². The highest BCUT2D eigenvalue weighted by molar-refractivity contribution is 5.94. The fourth-order valence-electron chi connectivity index (χ4n) is 5.29. The van der Waals surface area contributed by atoms with Gasteiger partial charge in [0.15, 0.2) is 0 Å². The second kappa shape index (κ2) is 18.6. The average Bonchev–Trinajstić information content (AvgIpc) is 2.95. The Morgan fingerprint density at radius 2 is 1.38 bits per heavy atom. The van der Waals surface area contributed by atoms with E-state index in [9.17, 15) is 24.3 Å². The highest BCUT2D eigenvalue weighted by atomic mass is 16.4. The zero-order valence-electron chi connectivity index (χ0n) is 24.7. The summed E-state index contributed by atoms with van der Waals surface area (Å²) in [6.45, 7) is 4.18. The quantitative estimate of drug-likeness (QED) is 0.0743. The van der Waals surface area contributed by atoms with Crippen LogP contribution in [0.1, 0.15) is 69.9 Å². The zero-order chi connectivity index (χ0) is 30.8. The Bertz CT molecular complexity index is 1100. The fraction of sp³-hybridized carbons (Fsp3) is 0.500. The van der Waals surface area contributed by atoms with Crippen LogP contribution < -0.4 is 21.3 Å². The summed E-state index contributed by atoms with van der Waals surface area (Å²) in [6, 6.07) is 18.1. The minimum atomic E-state index is -1.47. The van der Waals surface area contributed by atoms with Gasteiger partial charge in [0.2, 0.25) is 5.91 Å². The first-order chi connectivity index (χ1) is 20.1. The smallest absolute Gasteiger partial charge is 0.411 e. The Kier molecular flexibility index (Phi) is 15.3. The Hall–Kier alpha value is -3.76. The van der Waals surface area contributed by atoms with E-state index in [0.29, 0.717) is 12.8 Å². The Morgan fingerprint density at radius 3 is 1.95 bits per heavy atom. The zero-order valence-corrected chi connectivity index (χ0v) is 24.7. The molecule has 0 spiro atoms. The van der Waals surface area contributed by atoms with Crippen LogP contribution >= 0.6 is 0 Å². The summed E-state index contributed by atoms with van der Waals surface area (Å²) in [5.41, 5.74) is 0.646. The van der Waals surface area contributed by atoms with Crippen LogP contribution in [0.5, 0.6) is 0 Å². The number of carbonyl (C=O) groups excluding carboxylic acids is 2. The fourth-order valence-corrected chi connectivity index (χ4v) is 5.29. The molecule has 0 saturated carbocycles. The van der Waals surface area contributed by atoms with E-state index in [-0.39, 0.29) is 18.4 Å². The van der Waals surface area contributed by atoms with Crippen molar-refractivity contribution in [3.05, 3.63) is 71.8 Å². The maximum atomic E-state index is 12.7. The summed E-state index contributed by atoms with van der Waals surface area (Å²) >= 11 is 0. The van der Waals surface area contributed by atoms with Crippen molar-refractivity contribution in [1.82, 2.24) is 21.3 Å². The molecule has 230 valence electrons. The van der Waals surface area contributed by atoms with Gasteiger partial charge in [0, 0.05) is 6.42 Å². The van der Waals surface area contributed by atoms with Gasteiger partial charge in [0.05, 0.1) is 12.1 Å². The lowest BCUT2D eigenvalue weighted by molar-refractivity contribution is -0.123. The lowest BCUT2D eigenvalue weighted by Gasteiger charge is -2.44. The number of imide groups is 1. The second-order valence-electron chi connectivity index (χ2n) is 10.9. The molecule has 6 N–H and O–H groups in total. The lowest BCUT2D eigenvalue weighted by atomic mass is 9.78. The van der Waals surface area contributed by atoms with Gasteiger partial charge in [-0.2, -0.15) is 0 Å². The Morgan fingerprint density at radius 1 is 0.810 bits per heavy atom. The van der Waals surface area contributed by atoms with E-state index in [1.807, 2.05) is 72.9 Å². The standard InChI is InChI=1S/C32H46N4O6/c1-24(23-37)33-20-14-6-4-3-5-13-19-28(21-26-15-9-7-10-16-26)32(36-31(41)42,22-27-17-11-8-12-18-27)35-25(2)29(38)34-30(39)40/h7-12,15-18,23-25,28,33,35-36H,3-6,13-14,19-22H2,1-2H3,(H,34,38)(H,39,40)(H,41,42)/t24?,25-,28-,32?/m0/s1. The number of carboxylic acid groups (broad SMARTS) is 2. The van der Waals surface area contributed by atoms with Gasteiger partial charge >= 0.3 is 12.2 Å². The van der Waals surface area contributed by atoms with Gasteiger partial charge in [-0.25, -0.2) is 9.59 Å². The van der Waals surface area contributed by atoms with Crippen molar-refractivity contribution in [1.29, 1.82) is 0 Å². The van der Waals surface area contributed by atoms with Crippen molar-refractivity contribution in [2.75, 3.05) is 6.54 Å². The van der Waals surface area contributed by atoms with E-state index in [4.69, 9.17) is 5.11 Å². The third-order valence-corrected chi connectivity index (χ3v) is 7.42. The van der Waals surface area contributed by atoms with Crippen molar-refractivity contribution in [3.8, 4) is 0 Å². The molecule has 0 heterocycles. The molecule has 0 aromatic heterocycles. The highest BCUT2D eigenvalue weighted by Crippen LogP contribution is 2.30. The molecule has 0 bridgehead atoms. The van der Waals surface area contributed by atoms with Crippen LogP contribution in [0.25, 0.3) is 0 Å². The molecule has 10 heteroatoms. The van der Waals surface area contributed by atoms with Gasteiger partial charge < -0.3 is 25.6 Å². The third kappa shape index (κ3) is 12.8. The summed E-state index contributed by atoms with van der Waals surface area (Å²) in [5.74, 6) is -1.02. The SMILES string of the molecule is CC(C=O)NCCCCCCCC[C@@H](Cc1ccccc1)C(Cc1ccccc1)(NC(=O)O)N[C@@H](C)C(=O)NC(=O)O. The Balaban J connectivity index is 2.26. The first-order valence-corrected chi connectivity index (χ1v) is 14.7. The van der Waals surface area contributed by atoms with Gasteiger partial charge in [-0.3, -0.25) is 15.4 Å². The number of hydrogen-bond donors (Lipinski definition) is 6. The summed E-state index contributed by atoms with van der Waals surface area (Å²) in [5, 5.41) is 30.1. The van der Waals surface area contributed by atoms with Crippen molar-refractivity contribution in [2.45, 2.75) is 89.4 Å². The van der Waals surface area contributed by atoms with Gasteiger partial charge in [0.25, 0.3) is 0 Å². The molecule has 0 aliphatic heterocycles. The van der Waals surface area contributed by atoms with Gasteiger partial charge in [-0.1, -0.05) is 92.8 Å². The number of carbonyl (C=O) groups is 4. The van der Waals surface area contributed by atoms with Crippen molar-refractivity contribution < 1.29 is 29.4 Å². The first kappa shape index (κ1) is 34.4. The average molecular weight is 583 g/mol. The van der Waals surface area contributed by atoms with E-state index in [1.54, 1.807) is 0 Å². The molecular weight excluding hydrogens is 536 g/mol. The molecule has 3 amide bonds. The summed E-state index contributed by atoms with van der Waals surface area (Å²) in [4.78, 5) is 46.8. The predicted molar refractivity (Wildman–Crippen MR) is 162 cm³/mol. The number of rotatable bonds is 20. The second-order valence-corrected chi connectivity index (χ2v) is 10.9. The predicted octanol–water partition coefficient (Wildman–Crippen LogP) is 4.73. The van der Waals surface area contributed by atoms with Crippen LogP contribution in [0.2, 0.25) is 0 Å². The topological polar surface area (TPSA) is 157 Å². The van der Waals surface area contributed by atoms with E-state index in [2.05, 4.69) is 16.0 Å². The maximum absolute atomic E-state index is 12.7. The summed E-state index contributed by atoms with van der Waals surface area (Å²) < 4.78 is 0. The molecule has 2 aromatic rings. The van der Waals surface area contributed by atoms with Crippen molar-refractivity contribution in [3.63, 3.8) is 0 Å². The first-order valence-electron chi connectivity index (χ1n) is 14.7. The molecule has 0 aliphatic rings. The molecule has 0 aliphatic carbocycles. The van der Waals surface area contributed by atoms with Crippen LogP contribution in [0.4, 0.5) is 9.59 Å². The largest absolute Gasteiger partial charge is 0.465 e. The minimum Gasteiger partial charge on any atom is -0.465 e. The molecule has 0 saturated heterocycles. The number of benzene rings is 2. The number of nitrogens with one attached hydrogen (secondary N) is 4. The number of unbranched alkanes of at least 4 members (excludes halogenated alkanes) is 5. The van der Waals surface area contributed by atoms with Crippen LogP contribution in [-0.2, 0) is 22.4 Å². The molecule has 0 radical (unpaired) electrons. The van der Waals surface area contributed by atoms with Crippen molar-refractivity contribution >= 4 is 24.4 Å². The normalized spacial score (nSPS) is 14.6. The van der Waals surface area contributed by atoms with Gasteiger partial charge in [-0.05, 0) is 56.7 Å². The van der Waals surface area contributed by atoms with Crippen LogP contribution in [-0.4, -0.2) is 58.9 Å². The molecule has 0 fully saturated rings. The maximum Gasteiger partial charge on any atom is 0.411 e. The number of hydrogen-bond acceptors (Lipinski definition) is 6. The van der Waals surface area contributed by atoms with Crippen LogP contribution in [0.15, 0.2) is 60.7 Å². The third-order valence-electron chi connectivity index (χ3n) is 7.42. The van der Waals surface area contributed by atoms with Gasteiger partial charge in [0.1, 0.15) is 11.9 Å². The molecular formula is C32H46N4O6. The van der Waals surface area contributed by atoms with E-state index in [0.717, 1.165) is 62.5 Å². The van der Waals surface area contributed by atoms with E-state index >= 15 is 0 Å². The van der Waals surface area contributed by atoms with Crippen LogP contribution in [0.3, 0.4) is 0 Å². The highest BCUT2D eigenvalue weighted by Gasteiger charge is 2.42. The molecule has 2 aromatic carbocycles. The number of aldehydes is 1. The monoisotopic (exact) mass is 582 g/mol. The lowest BCUT2D eigenvalue weighted by Crippen LogP contribution is -2.68. The number of amides is 3.